The van der Waals surface area contributed by atoms with Gasteiger partial charge in [0.2, 0.25) is 0 Å². The van der Waals surface area contributed by atoms with Gasteiger partial charge in [0.25, 0.3) is 5.91 Å². The summed E-state index contributed by atoms with van der Waals surface area (Å²) in [5, 5.41) is 0.595. The van der Waals surface area contributed by atoms with Gasteiger partial charge in [-0.1, -0.05) is 11.6 Å². The highest BCUT2D eigenvalue weighted by Crippen LogP contribution is 2.21. The van der Waals surface area contributed by atoms with Gasteiger partial charge in [0.05, 0.1) is 24.3 Å². The standard InChI is InChI=1S/C12H12Cl2INO2/c13-6-9-7-18-4-3-16(9)12(17)8-1-2-11(15)10(14)5-8/h1-2,5,9H,3-4,6-7H2. The molecule has 0 saturated carbocycles. The molecule has 0 aliphatic carbocycles. The number of hydrogen-bond donors (Lipinski definition) is 0. The Labute approximate surface area is 130 Å². The first-order valence-corrected chi connectivity index (χ1v) is 7.52. The van der Waals surface area contributed by atoms with Crippen molar-refractivity contribution < 1.29 is 9.53 Å². The number of nitrogens with zero attached hydrogens (tertiary/aromatic N) is 1. The molecule has 18 heavy (non-hydrogen) atoms. The molecule has 0 bridgehead atoms. The molecule has 1 heterocycles. The summed E-state index contributed by atoms with van der Waals surface area (Å²) in [4.78, 5) is 14.1. The molecule has 1 aromatic carbocycles. The maximum atomic E-state index is 12.4. The summed E-state index contributed by atoms with van der Waals surface area (Å²) < 4.78 is 6.26. The Bertz CT molecular complexity index is 456. The van der Waals surface area contributed by atoms with Gasteiger partial charge < -0.3 is 9.64 Å². The predicted octanol–water partition coefficient (Wildman–Crippen LogP) is 3.02. The van der Waals surface area contributed by atoms with Crippen molar-refractivity contribution in [2.24, 2.45) is 0 Å². The van der Waals surface area contributed by atoms with Crippen molar-refractivity contribution in [3.8, 4) is 0 Å². The van der Waals surface area contributed by atoms with Crippen LogP contribution in [-0.2, 0) is 4.74 Å². The van der Waals surface area contributed by atoms with Crippen molar-refractivity contribution in [1.29, 1.82) is 0 Å². The van der Waals surface area contributed by atoms with Crippen LogP contribution in [0.2, 0.25) is 5.02 Å². The molecule has 98 valence electrons. The van der Waals surface area contributed by atoms with Crippen molar-refractivity contribution in [3.63, 3.8) is 0 Å². The van der Waals surface area contributed by atoms with Crippen molar-refractivity contribution in [2.75, 3.05) is 25.6 Å². The van der Waals surface area contributed by atoms with E-state index in [1.54, 1.807) is 17.0 Å². The number of morpholine rings is 1. The molecule has 2 rings (SSSR count). The molecule has 1 fully saturated rings. The SMILES string of the molecule is O=C(c1ccc(I)c(Cl)c1)N1CCOCC1CCl. The lowest BCUT2D eigenvalue weighted by Crippen LogP contribution is -2.49. The third kappa shape index (κ3) is 3.10. The van der Waals surface area contributed by atoms with E-state index in [0.717, 1.165) is 3.57 Å². The van der Waals surface area contributed by atoms with E-state index in [1.807, 2.05) is 6.07 Å². The van der Waals surface area contributed by atoms with Crippen LogP contribution in [0.5, 0.6) is 0 Å². The Morgan fingerprint density at radius 2 is 2.33 bits per heavy atom. The Morgan fingerprint density at radius 3 is 3.00 bits per heavy atom. The highest BCUT2D eigenvalue weighted by molar-refractivity contribution is 14.1. The molecule has 1 unspecified atom stereocenters. The van der Waals surface area contributed by atoms with Crippen LogP contribution in [0.4, 0.5) is 0 Å². The van der Waals surface area contributed by atoms with Crippen molar-refractivity contribution >= 4 is 51.7 Å². The minimum Gasteiger partial charge on any atom is -0.377 e. The number of carbonyl (C=O) groups excluding carboxylic acids is 1. The molecule has 1 amide bonds. The molecular formula is C12H12Cl2INO2. The van der Waals surface area contributed by atoms with Crippen LogP contribution < -0.4 is 0 Å². The van der Waals surface area contributed by atoms with Crippen molar-refractivity contribution in [3.05, 3.63) is 32.4 Å². The van der Waals surface area contributed by atoms with E-state index in [2.05, 4.69) is 22.6 Å². The van der Waals surface area contributed by atoms with Crippen LogP contribution in [0.3, 0.4) is 0 Å². The molecule has 6 heteroatoms. The molecule has 1 aliphatic rings. The molecule has 0 radical (unpaired) electrons. The lowest BCUT2D eigenvalue weighted by Gasteiger charge is -2.34. The van der Waals surface area contributed by atoms with Gasteiger partial charge in [-0.25, -0.2) is 0 Å². The van der Waals surface area contributed by atoms with Gasteiger partial charge in [-0.3, -0.25) is 4.79 Å². The molecule has 1 aromatic rings. The van der Waals surface area contributed by atoms with E-state index < -0.39 is 0 Å². The van der Waals surface area contributed by atoms with Gasteiger partial charge in [-0.05, 0) is 40.8 Å². The number of rotatable bonds is 2. The largest absolute Gasteiger partial charge is 0.377 e. The molecule has 0 N–H and O–H groups in total. The van der Waals surface area contributed by atoms with Crippen molar-refractivity contribution in [2.45, 2.75) is 6.04 Å². The van der Waals surface area contributed by atoms with Gasteiger partial charge in [-0.2, -0.15) is 0 Å². The first-order valence-electron chi connectivity index (χ1n) is 5.53. The highest BCUT2D eigenvalue weighted by Gasteiger charge is 2.27. The molecule has 0 spiro atoms. The number of hydrogen-bond acceptors (Lipinski definition) is 2. The predicted molar refractivity (Wildman–Crippen MR) is 80.5 cm³/mol. The Hall–Kier alpha value is -0.0400. The topological polar surface area (TPSA) is 29.5 Å². The summed E-state index contributed by atoms with van der Waals surface area (Å²) in [6.45, 7) is 1.62. The van der Waals surface area contributed by atoms with Gasteiger partial charge >= 0.3 is 0 Å². The van der Waals surface area contributed by atoms with Gasteiger partial charge in [0.15, 0.2) is 0 Å². The third-order valence-corrected chi connectivity index (χ3v) is 4.76. The van der Waals surface area contributed by atoms with Crippen LogP contribution in [0, 0.1) is 3.57 Å². The Morgan fingerprint density at radius 1 is 1.56 bits per heavy atom. The van der Waals surface area contributed by atoms with E-state index in [0.29, 0.717) is 36.2 Å². The average molecular weight is 400 g/mol. The minimum atomic E-state index is -0.0639. The molecule has 0 aromatic heterocycles. The zero-order chi connectivity index (χ0) is 13.1. The summed E-state index contributed by atoms with van der Waals surface area (Å²) in [6.07, 6.45) is 0. The first kappa shape index (κ1) is 14.4. The van der Waals surface area contributed by atoms with Crippen LogP contribution in [0.15, 0.2) is 18.2 Å². The average Bonchev–Trinajstić information content (AvgIpc) is 2.41. The summed E-state index contributed by atoms with van der Waals surface area (Å²) in [5.41, 5.74) is 0.595. The maximum Gasteiger partial charge on any atom is 0.254 e. The lowest BCUT2D eigenvalue weighted by atomic mass is 10.1. The zero-order valence-electron chi connectivity index (χ0n) is 9.54. The summed E-state index contributed by atoms with van der Waals surface area (Å²) in [7, 11) is 0. The Balaban J connectivity index is 2.21. The van der Waals surface area contributed by atoms with E-state index in [9.17, 15) is 4.79 Å². The molecular weight excluding hydrogens is 388 g/mol. The van der Waals surface area contributed by atoms with Crippen molar-refractivity contribution in [1.82, 2.24) is 4.90 Å². The molecule has 1 atom stereocenters. The highest BCUT2D eigenvalue weighted by atomic mass is 127. The summed E-state index contributed by atoms with van der Waals surface area (Å²) in [5.74, 6) is 0.339. The fraction of sp³-hybridized carbons (Fsp3) is 0.417. The minimum absolute atomic E-state index is 0.0396. The molecule has 1 saturated heterocycles. The van der Waals surface area contributed by atoms with Crippen LogP contribution in [-0.4, -0.2) is 42.5 Å². The second kappa shape index (κ2) is 6.41. The van der Waals surface area contributed by atoms with Crippen LogP contribution in [0.25, 0.3) is 0 Å². The van der Waals surface area contributed by atoms with Gasteiger partial charge in [0.1, 0.15) is 0 Å². The maximum absolute atomic E-state index is 12.4. The number of amides is 1. The summed E-state index contributed by atoms with van der Waals surface area (Å²) >= 11 is 14.0. The van der Waals surface area contributed by atoms with E-state index in [4.69, 9.17) is 27.9 Å². The second-order valence-corrected chi connectivity index (χ2v) is 5.89. The fourth-order valence-electron chi connectivity index (χ4n) is 1.85. The fourth-order valence-corrected chi connectivity index (χ4v) is 2.62. The molecule has 3 nitrogen and oxygen atoms in total. The van der Waals surface area contributed by atoms with Gasteiger partial charge in [0, 0.05) is 21.6 Å². The van der Waals surface area contributed by atoms with Crippen LogP contribution >= 0.6 is 45.8 Å². The Kier molecular flexibility index (Phi) is 5.12. The smallest absolute Gasteiger partial charge is 0.254 e. The summed E-state index contributed by atoms with van der Waals surface area (Å²) in [6, 6.07) is 5.26. The quantitative estimate of drug-likeness (QED) is 0.565. The van der Waals surface area contributed by atoms with E-state index >= 15 is 0 Å². The van der Waals surface area contributed by atoms with E-state index in [1.165, 1.54) is 0 Å². The normalized spacial score (nSPS) is 19.9. The second-order valence-electron chi connectivity index (χ2n) is 4.01. The van der Waals surface area contributed by atoms with Crippen LogP contribution in [0.1, 0.15) is 10.4 Å². The number of halogens is 3. The number of alkyl halides is 1. The number of carbonyl (C=O) groups is 1. The number of benzene rings is 1. The number of ether oxygens (including phenoxy) is 1. The molecule has 1 aliphatic heterocycles. The van der Waals surface area contributed by atoms with Gasteiger partial charge in [-0.15, -0.1) is 11.6 Å². The third-order valence-electron chi connectivity index (χ3n) is 2.83. The first-order chi connectivity index (χ1) is 8.63. The van der Waals surface area contributed by atoms with E-state index in [-0.39, 0.29) is 11.9 Å². The lowest BCUT2D eigenvalue weighted by molar-refractivity contribution is 0.00456. The monoisotopic (exact) mass is 399 g/mol. The zero-order valence-corrected chi connectivity index (χ0v) is 13.2.